The smallest absolute Gasteiger partial charge is 0.342 e. The molecular weight excluding hydrogens is 929 g/mol. The Labute approximate surface area is 468 Å². The molecule has 0 heterocycles. The van der Waals surface area contributed by atoms with Crippen molar-refractivity contribution >= 4 is 17.8 Å². The van der Waals surface area contributed by atoms with Crippen LogP contribution in [-0.2, 0) is 28.9 Å². The molecule has 3 atom stereocenters. The van der Waals surface area contributed by atoms with E-state index in [1.165, 1.54) is 231 Å². The molecule has 8 heteroatoms. The topological polar surface area (TPSA) is 85.4 Å². The summed E-state index contributed by atoms with van der Waals surface area (Å²) < 4.78 is 5.87. The number of carbonyl (C=O) groups excluding carboxylic acids is 3. The van der Waals surface area contributed by atoms with Crippen molar-refractivity contribution in [2.45, 2.75) is 362 Å². The third kappa shape index (κ3) is 51.5. The average molecular weight is 1060 g/mol. The highest BCUT2D eigenvalue weighted by molar-refractivity contribution is 5.76. The van der Waals surface area contributed by atoms with Gasteiger partial charge in [-0.05, 0) is 96.7 Å². The first-order valence-electron chi connectivity index (χ1n) is 33.6. The molecule has 0 bridgehead atoms. The summed E-state index contributed by atoms with van der Waals surface area (Å²) in [7, 11) is 4.27. The quantitative estimate of drug-likeness (QED) is 0.0260. The minimum absolute atomic E-state index is 0.00669. The van der Waals surface area contributed by atoms with Gasteiger partial charge in [0.2, 0.25) is 5.91 Å². The van der Waals surface area contributed by atoms with E-state index in [1.54, 1.807) is 0 Å². The van der Waals surface area contributed by atoms with Crippen LogP contribution in [0.5, 0.6) is 0 Å². The van der Waals surface area contributed by atoms with Crippen molar-refractivity contribution in [3.63, 3.8) is 0 Å². The predicted octanol–water partition coefficient (Wildman–Crippen LogP) is 20.6. The Balaban J connectivity index is 4.95. The van der Waals surface area contributed by atoms with Crippen LogP contribution in [0.1, 0.15) is 356 Å². The van der Waals surface area contributed by atoms with Crippen LogP contribution in [0.15, 0.2) is 0 Å². The molecule has 0 N–H and O–H groups in total. The van der Waals surface area contributed by atoms with E-state index in [0.29, 0.717) is 56.3 Å². The van der Waals surface area contributed by atoms with Crippen LogP contribution in [-0.4, -0.2) is 74.1 Å². The van der Waals surface area contributed by atoms with Crippen molar-refractivity contribution in [1.82, 2.24) is 9.80 Å². The van der Waals surface area contributed by atoms with Gasteiger partial charge in [0.25, 0.3) is 0 Å². The standard InChI is InChI=1S/C67H132N2O6/c1-8-13-18-23-27-33-42-52-63(51-40-22-17-12-5)61-74-75-67(72)57-47-38-31-30-35-44-54-64(69(59-48-58-68(6)7)65(70)55-45-36-25-20-15-10-3)53-43-34-28-26-29-37-46-56-66(71)73-60-62(49-39-21-16-11-4)50-41-32-24-19-14-9-2/h62-64H,8-61H2,1-7H3. The molecule has 0 spiro atoms. The van der Waals surface area contributed by atoms with Gasteiger partial charge in [-0.3, -0.25) is 14.5 Å². The van der Waals surface area contributed by atoms with Gasteiger partial charge in [-0.25, -0.2) is 4.79 Å². The molecule has 75 heavy (non-hydrogen) atoms. The summed E-state index contributed by atoms with van der Waals surface area (Å²) in [5, 5.41) is 0. The molecule has 8 nitrogen and oxygen atoms in total. The summed E-state index contributed by atoms with van der Waals surface area (Å²) in [5.41, 5.74) is 0. The lowest BCUT2D eigenvalue weighted by atomic mass is 9.95. The Morgan fingerprint density at radius 1 is 0.333 bits per heavy atom. The molecule has 0 saturated heterocycles. The first-order chi connectivity index (χ1) is 36.7. The van der Waals surface area contributed by atoms with E-state index in [-0.39, 0.29) is 11.9 Å². The highest BCUT2D eigenvalue weighted by Gasteiger charge is 2.23. The first-order valence-corrected chi connectivity index (χ1v) is 33.6. The van der Waals surface area contributed by atoms with E-state index in [9.17, 15) is 14.4 Å². The number of ether oxygens (including phenoxy) is 1. The number of rotatable bonds is 61. The van der Waals surface area contributed by atoms with Crippen molar-refractivity contribution in [2.75, 3.05) is 40.4 Å². The number of nitrogens with zero attached hydrogens (tertiary/aromatic N) is 2. The molecular formula is C67H132N2O6. The largest absolute Gasteiger partial charge is 0.465 e. The van der Waals surface area contributed by atoms with Gasteiger partial charge in [-0.15, -0.1) is 0 Å². The maximum atomic E-state index is 14.0. The molecule has 0 aromatic heterocycles. The van der Waals surface area contributed by atoms with Gasteiger partial charge in [-0.1, -0.05) is 272 Å². The highest BCUT2D eigenvalue weighted by atomic mass is 17.2. The Morgan fingerprint density at radius 3 is 1.05 bits per heavy atom. The zero-order valence-electron chi connectivity index (χ0n) is 51.8. The molecule has 446 valence electrons. The van der Waals surface area contributed by atoms with Crippen molar-refractivity contribution in [3.8, 4) is 0 Å². The van der Waals surface area contributed by atoms with Crippen LogP contribution in [0.4, 0.5) is 0 Å². The van der Waals surface area contributed by atoms with Gasteiger partial charge in [0.05, 0.1) is 13.2 Å². The summed E-state index contributed by atoms with van der Waals surface area (Å²) in [6.45, 7) is 14.4. The second kappa shape index (κ2) is 58.5. The minimum Gasteiger partial charge on any atom is -0.465 e. The fourth-order valence-electron chi connectivity index (χ4n) is 11.1. The van der Waals surface area contributed by atoms with E-state index in [4.69, 9.17) is 14.5 Å². The van der Waals surface area contributed by atoms with E-state index in [0.717, 1.165) is 83.7 Å². The zero-order valence-corrected chi connectivity index (χ0v) is 51.8. The minimum atomic E-state index is -0.221. The van der Waals surface area contributed by atoms with Crippen LogP contribution in [0.3, 0.4) is 0 Å². The maximum Gasteiger partial charge on any atom is 0.342 e. The number of amides is 1. The number of hydrogen-bond acceptors (Lipinski definition) is 7. The molecule has 0 saturated carbocycles. The molecule has 0 fully saturated rings. The summed E-state index contributed by atoms with van der Waals surface area (Å²) >= 11 is 0. The number of esters is 1. The SMILES string of the molecule is CCCCCCCCCC(CCCCCC)COOC(=O)CCCCCCCCC(CCCCCCCCCC(=O)OCC(CCCCCC)CCCCCCCC)N(CCCN(C)C)C(=O)CCCCCCCC. The lowest BCUT2D eigenvalue weighted by Crippen LogP contribution is -2.41. The molecule has 0 aromatic carbocycles. The number of unbranched alkanes of at least 4 members (excludes halogenated alkanes) is 33. The normalized spacial score (nSPS) is 12.9. The van der Waals surface area contributed by atoms with Crippen molar-refractivity contribution in [1.29, 1.82) is 0 Å². The lowest BCUT2D eigenvalue weighted by Gasteiger charge is -2.33. The molecule has 0 aromatic rings. The molecule has 0 rings (SSSR count). The van der Waals surface area contributed by atoms with Crippen molar-refractivity contribution in [2.24, 2.45) is 11.8 Å². The fraction of sp³-hybridized carbons (Fsp3) is 0.955. The van der Waals surface area contributed by atoms with Crippen molar-refractivity contribution < 1.29 is 28.9 Å². The van der Waals surface area contributed by atoms with E-state index in [1.807, 2.05) is 0 Å². The van der Waals surface area contributed by atoms with E-state index in [2.05, 4.69) is 58.5 Å². The molecule has 0 radical (unpaired) electrons. The van der Waals surface area contributed by atoms with Gasteiger partial charge < -0.3 is 14.5 Å². The van der Waals surface area contributed by atoms with Gasteiger partial charge in [0.1, 0.15) is 0 Å². The summed E-state index contributed by atoms with van der Waals surface area (Å²) in [6.07, 6.45) is 58.7. The predicted molar refractivity (Wildman–Crippen MR) is 323 cm³/mol. The first kappa shape index (κ1) is 73.3. The fourth-order valence-corrected chi connectivity index (χ4v) is 11.1. The zero-order chi connectivity index (χ0) is 54.9. The maximum absolute atomic E-state index is 14.0. The van der Waals surface area contributed by atoms with Crippen molar-refractivity contribution in [3.05, 3.63) is 0 Å². The Kier molecular flexibility index (Phi) is 57.2. The van der Waals surface area contributed by atoms with E-state index >= 15 is 0 Å². The summed E-state index contributed by atoms with van der Waals surface area (Å²) in [4.78, 5) is 54.8. The van der Waals surface area contributed by atoms with Crippen LogP contribution < -0.4 is 0 Å². The highest BCUT2D eigenvalue weighted by Crippen LogP contribution is 2.24. The summed E-state index contributed by atoms with van der Waals surface area (Å²) in [6, 6.07) is 0.314. The summed E-state index contributed by atoms with van der Waals surface area (Å²) in [5.74, 6) is 1.17. The van der Waals surface area contributed by atoms with Gasteiger partial charge >= 0.3 is 11.9 Å². The number of carbonyl (C=O) groups is 3. The molecule has 0 aliphatic carbocycles. The van der Waals surface area contributed by atoms with E-state index < -0.39 is 0 Å². The number of hydrogen-bond donors (Lipinski definition) is 0. The van der Waals surface area contributed by atoms with Gasteiger partial charge in [-0.2, -0.15) is 4.89 Å². The molecule has 1 amide bonds. The molecule has 0 aliphatic rings. The Bertz CT molecular complexity index is 1200. The third-order valence-electron chi connectivity index (χ3n) is 16.1. The average Bonchev–Trinajstić information content (AvgIpc) is 3.40. The van der Waals surface area contributed by atoms with Crippen LogP contribution in [0, 0.1) is 11.8 Å². The van der Waals surface area contributed by atoms with Gasteiger partial charge in [0.15, 0.2) is 0 Å². The second-order valence-corrected chi connectivity index (χ2v) is 23.9. The van der Waals surface area contributed by atoms with Crippen LogP contribution >= 0.6 is 0 Å². The Morgan fingerprint density at radius 2 is 0.653 bits per heavy atom. The molecule has 3 unspecified atom stereocenters. The van der Waals surface area contributed by atoms with Gasteiger partial charge in [0, 0.05) is 31.8 Å². The lowest BCUT2D eigenvalue weighted by molar-refractivity contribution is -0.278. The van der Waals surface area contributed by atoms with Crippen LogP contribution in [0.25, 0.3) is 0 Å². The van der Waals surface area contributed by atoms with Crippen LogP contribution in [0.2, 0.25) is 0 Å². The second-order valence-electron chi connectivity index (χ2n) is 23.9. The Hall–Kier alpha value is -1.67. The molecule has 0 aliphatic heterocycles. The third-order valence-corrected chi connectivity index (χ3v) is 16.1. The monoisotopic (exact) mass is 1060 g/mol.